The number of hydrogen-bond acceptors (Lipinski definition) is 7. The van der Waals surface area contributed by atoms with Gasteiger partial charge in [0.2, 0.25) is 23.6 Å². The highest BCUT2D eigenvalue weighted by molar-refractivity contribution is 6.32. The largest absolute Gasteiger partial charge is 0.507 e. The molecule has 2 aliphatic carbocycles. The zero-order chi connectivity index (χ0) is 32.7. The molecule has 0 spiro atoms. The summed E-state index contributed by atoms with van der Waals surface area (Å²) >= 11 is 6.40. The number of rotatable bonds is 5. The number of hydrogen-bond donors (Lipinski definition) is 1. The third-order valence-electron chi connectivity index (χ3n) is 10.5. The second-order valence-corrected chi connectivity index (χ2v) is 13.1. The maximum absolute atomic E-state index is 14.6. The number of imide groups is 2. The van der Waals surface area contributed by atoms with Gasteiger partial charge >= 0.3 is 0 Å². The molecule has 0 aromatic heterocycles. The number of anilines is 2. The number of halogens is 1. The van der Waals surface area contributed by atoms with Gasteiger partial charge in [-0.05, 0) is 62.4 Å². The molecule has 1 N–H and O–H groups in total. The minimum Gasteiger partial charge on any atom is -0.507 e. The summed E-state index contributed by atoms with van der Waals surface area (Å²) in [6.07, 6.45) is 2.38. The molecule has 0 bridgehead atoms. The number of amides is 4. The molecule has 2 heterocycles. The first-order valence-electron chi connectivity index (χ1n) is 15.2. The second kappa shape index (κ2) is 10.7. The van der Waals surface area contributed by atoms with Gasteiger partial charge in [-0.25, -0.2) is 9.80 Å². The molecule has 1 saturated carbocycles. The number of benzene rings is 3. The molecule has 4 aliphatic rings. The standard InChI is InChI=1S/C36H33ClN2O7/c1-18-10-11-20(14-26(18)37)38-32(41)23-13-12-22-24(29(23)34(38)43)17-25-33(42)39(19-8-6-5-7-9-19)35(44)36(25,2)31(22)30-27(40)15-21(45-3)16-28(30)46-4/h5-12,14-16,23-25,29,31,40H,13,17H2,1-4H3. The molecule has 0 radical (unpaired) electrons. The molecule has 7 rings (SSSR count). The zero-order valence-corrected chi connectivity index (χ0v) is 26.6. The molecule has 6 atom stereocenters. The highest BCUT2D eigenvalue weighted by atomic mass is 35.5. The highest BCUT2D eigenvalue weighted by Gasteiger charge is 2.68. The molecule has 3 aromatic carbocycles. The number of aryl methyl sites for hydroxylation is 1. The van der Waals surface area contributed by atoms with E-state index in [-0.39, 0.29) is 42.1 Å². The lowest BCUT2D eigenvalue weighted by molar-refractivity contribution is -0.131. The number of fused-ring (bicyclic) bond motifs is 4. The maximum Gasteiger partial charge on any atom is 0.241 e. The lowest BCUT2D eigenvalue weighted by Gasteiger charge is -2.49. The highest BCUT2D eigenvalue weighted by Crippen LogP contribution is 2.65. The molecule has 10 heteroatoms. The third-order valence-corrected chi connectivity index (χ3v) is 10.9. The Hall–Kier alpha value is -4.63. The molecule has 9 nitrogen and oxygen atoms in total. The summed E-state index contributed by atoms with van der Waals surface area (Å²) in [4.78, 5) is 59.5. The van der Waals surface area contributed by atoms with Gasteiger partial charge in [-0.2, -0.15) is 0 Å². The number of allylic oxidation sites excluding steroid dienone is 2. The summed E-state index contributed by atoms with van der Waals surface area (Å²) in [5.41, 5.74) is 1.40. The number of phenolic OH excluding ortho intramolecular Hbond substituents is 1. The quantitative estimate of drug-likeness (QED) is 0.277. The van der Waals surface area contributed by atoms with Crippen LogP contribution in [0.25, 0.3) is 0 Å². The van der Waals surface area contributed by atoms with Gasteiger partial charge in [0.1, 0.15) is 17.2 Å². The zero-order valence-electron chi connectivity index (χ0n) is 25.8. The van der Waals surface area contributed by atoms with Crippen molar-refractivity contribution in [1.82, 2.24) is 0 Å². The Balaban J connectivity index is 1.41. The van der Waals surface area contributed by atoms with E-state index in [1.165, 1.54) is 30.1 Å². The molecule has 46 heavy (non-hydrogen) atoms. The Kier molecular flexibility index (Phi) is 7.01. The van der Waals surface area contributed by atoms with Crippen LogP contribution in [0.4, 0.5) is 11.4 Å². The fourth-order valence-electron chi connectivity index (χ4n) is 8.29. The lowest BCUT2D eigenvalue weighted by atomic mass is 9.51. The first kappa shape index (κ1) is 30.0. The van der Waals surface area contributed by atoms with E-state index >= 15 is 0 Å². The van der Waals surface area contributed by atoms with E-state index in [0.717, 1.165) is 11.1 Å². The monoisotopic (exact) mass is 640 g/mol. The molecule has 6 unspecified atom stereocenters. The van der Waals surface area contributed by atoms with Gasteiger partial charge in [-0.1, -0.05) is 47.5 Å². The predicted octanol–water partition coefficient (Wildman–Crippen LogP) is 5.81. The first-order valence-corrected chi connectivity index (χ1v) is 15.6. The van der Waals surface area contributed by atoms with Crippen molar-refractivity contribution in [2.45, 2.75) is 32.6 Å². The fourth-order valence-corrected chi connectivity index (χ4v) is 8.46. The fraction of sp³-hybridized carbons (Fsp3) is 0.333. The SMILES string of the molecule is COc1cc(O)c(C2C3=CCC4C(=O)N(c5ccc(C)c(Cl)c5)C(=O)C4C3CC3C(=O)N(c4ccccc4)C(=O)C32C)c(OC)c1. The van der Waals surface area contributed by atoms with Crippen LogP contribution in [0.5, 0.6) is 17.2 Å². The number of aromatic hydroxyl groups is 1. The van der Waals surface area contributed by atoms with Gasteiger partial charge in [0, 0.05) is 28.6 Å². The lowest BCUT2D eigenvalue weighted by Crippen LogP contribution is -2.49. The Morgan fingerprint density at radius 3 is 2.28 bits per heavy atom. The molecule has 3 fully saturated rings. The molecule has 4 amide bonds. The Labute approximate surface area is 271 Å². The molecular weight excluding hydrogens is 608 g/mol. The van der Waals surface area contributed by atoms with Crippen LogP contribution in [0.15, 0.2) is 72.3 Å². The molecule has 2 aliphatic heterocycles. The van der Waals surface area contributed by atoms with E-state index in [1.54, 1.807) is 55.5 Å². The van der Waals surface area contributed by atoms with E-state index < -0.39 is 40.9 Å². The van der Waals surface area contributed by atoms with Crippen molar-refractivity contribution < 1.29 is 33.8 Å². The minimum atomic E-state index is -1.34. The second-order valence-electron chi connectivity index (χ2n) is 12.7. The number of carbonyl (C=O) groups excluding carboxylic acids is 4. The number of nitrogens with zero attached hydrogens (tertiary/aromatic N) is 2. The summed E-state index contributed by atoms with van der Waals surface area (Å²) in [5, 5.41) is 12.0. The Morgan fingerprint density at radius 2 is 1.61 bits per heavy atom. The van der Waals surface area contributed by atoms with Crippen LogP contribution < -0.4 is 19.3 Å². The molecule has 3 aromatic rings. The van der Waals surface area contributed by atoms with Crippen molar-refractivity contribution in [2.24, 2.45) is 29.1 Å². The van der Waals surface area contributed by atoms with Crippen molar-refractivity contribution in [2.75, 3.05) is 24.0 Å². The van der Waals surface area contributed by atoms with E-state index in [1.807, 2.05) is 19.1 Å². The van der Waals surface area contributed by atoms with E-state index in [9.17, 15) is 24.3 Å². The van der Waals surface area contributed by atoms with Gasteiger partial charge in [0.25, 0.3) is 0 Å². The van der Waals surface area contributed by atoms with Crippen LogP contribution in [-0.2, 0) is 19.2 Å². The molecular formula is C36H33ClN2O7. The third kappa shape index (κ3) is 4.07. The summed E-state index contributed by atoms with van der Waals surface area (Å²) in [6.45, 7) is 3.61. The number of methoxy groups -OCH3 is 2. The minimum absolute atomic E-state index is 0.159. The van der Waals surface area contributed by atoms with Crippen molar-refractivity contribution >= 4 is 46.6 Å². The molecule has 2 saturated heterocycles. The first-order chi connectivity index (χ1) is 22.0. The average Bonchev–Trinajstić information content (AvgIpc) is 3.42. The van der Waals surface area contributed by atoms with Gasteiger partial charge in [0.15, 0.2) is 0 Å². The summed E-state index contributed by atoms with van der Waals surface area (Å²) in [6, 6.07) is 16.9. The molecule has 236 valence electrons. The van der Waals surface area contributed by atoms with Crippen LogP contribution in [0.2, 0.25) is 5.02 Å². The van der Waals surface area contributed by atoms with E-state index in [0.29, 0.717) is 27.7 Å². The van der Waals surface area contributed by atoms with Crippen molar-refractivity contribution in [3.05, 3.63) is 88.5 Å². The van der Waals surface area contributed by atoms with Crippen LogP contribution in [0.3, 0.4) is 0 Å². The van der Waals surface area contributed by atoms with Gasteiger partial charge < -0.3 is 14.6 Å². The Morgan fingerprint density at radius 1 is 0.870 bits per heavy atom. The predicted molar refractivity (Wildman–Crippen MR) is 171 cm³/mol. The van der Waals surface area contributed by atoms with Crippen molar-refractivity contribution in [1.29, 1.82) is 0 Å². The summed E-state index contributed by atoms with van der Waals surface area (Å²) < 4.78 is 11.2. The summed E-state index contributed by atoms with van der Waals surface area (Å²) in [7, 11) is 2.93. The Bertz CT molecular complexity index is 1860. The topological polar surface area (TPSA) is 113 Å². The average molecular weight is 641 g/mol. The number of para-hydroxylation sites is 1. The van der Waals surface area contributed by atoms with Gasteiger partial charge in [-0.3, -0.25) is 19.2 Å². The van der Waals surface area contributed by atoms with Crippen molar-refractivity contribution in [3.8, 4) is 17.2 Å². The van der Waals surface area contributed by atoms with Crippen LogP contribution in [-0.4, -0.2) is 43.0 Å². The van der Waals surface area contributed by atoms with Crippen LogP contribution >= 0.6 is 11.6 Å². The van der Waals surface area contributed by atoms with E-state index in [2.05, 4.69) is 0 Å². The number of carbonyl (C=O) groups is 4. The summed E-state index contributed by atoms with van der Waals surface area (Å²) in [5.74, 6) is -4.63. The smallest absolute Gasteiger partial charge is 0.241 e. The van der Waals surface area contributed by atoms with Gasteiger partial charge in [0.05, 0.1) is 48.8 Å². The number of phenols is 1. The number of ether oxygens (including phenoxy) is 2. The maximum atomic E-state index is 14.6. The van der Waals surface area contributed by atoms with Gasteiger partial charge in [-0.15, -0.1) is 0 Å². The van der Waals surface area contributed by atoms with Crippen LogP contribution in [0, 0.1) is 36.0 Å². The normalized spacial score (nSPS) is 28.5. The van der Waals surface area contributed by atoms with E-state index in [4.69, 9.17) is 21.1 Å². The van der Waals surface area contributed by atoms with Crippen molar-refractivity contribution in [3.63, 3.8) is 0 Å². The van der Waals surface area contributed by atoms with Crippen LogP contribution in [0.1, 0.15) is 36.8 Å².